The first-order chi connectivity index (χ1) is 12.5. The van der Waals surface area contributed by atoms with Crippen LogP contribution in [0.5, 0.6) is 0 Å². The van der Waals surface area contributed by atoms with Crippen LogP contribution in [0.3, 0.4) is 0 Å². The first-order valence-electron chi connectivity index (χ1n) is 8.45. The van der Waals surface area contributed by atoms with E-state index in [-0.39, 0.29) is 18.0 Å². The second kappa shape index (κ2) is 7.38. The monoisotopic (exact) mass is 356 g/mol. The smallest absolute Gasteiger partial charge is 0.297 e. The maximum Gasteiger partial charge on any atom is 0.297 e. The van der Waals surface area contributed by atoms with Crippen molar-refractivity contribution in [1.82, 2.24) is 20.2 Å². The Morgan fingerprint density at radius 2 is 2.08 bits per heavy atom. The number of carbonyl (C=O) groups excluding carboxylic acids is 2. The molecule has 0 radical (unpaired) electrons. The lowest BCUT2D eigenvalue weighted by Crippen LogP contribution is -2.46. The minimum Gasteiger partial charge on any atom is -0.448 e. The number of nitrogens with zero attached hydrogens (tertiary/aromatic N) is 2. The van der Waals surface area contributed by atoms with Crippen molar-refractivity contribution in [1.29, 1.82) is 0 Å². The molecule has 0 spiro atoms. The molecule has 2 N–H and O–H groups in total. The second-order valence-electron chi connectivity index (χ2n) is 6.03. The van der Waals surface area contributed by atoms with Crippen LogP contribution >= 0.6 is 0 Å². The molecule has 3 rings (SSSR count). The second-order valence-corrected chi connectivity index (χ2v) is 6.03. The maximum absolute atomic E-state index is 12.6. The van der Waals surface area contributed by atoms with Crippen molar-refractivity contribution in [3.8, 4) is 0 Å². The third-order valence-corrected chi connectivity index (χ3v) is 3.98. The van der Waals surface area contributed by atoms with Crippen molar-refractivity contribution < 1.29 is 14.0 Å². The van der Waals surface area contributed by atoms with Crippen molar-refractivity contribution >= 4 is 33.9 Å². The van der Waals surface area contributed by atoms with Gasteiger partial charge in [0.05, 0.1) is 6.33 Å². The number of carbonyl (C=O) groups is 2. The van der Waals surface area contributed by atoms with Gasteiger partial charge in [0, 0.05) is 11.9 Å². The Morgan fingerprint density at radius 3 is 2.85 bits per heavy atom. The standard InChI is InChI=1S/C18H20N4O4/c1-3-8-19-17(24)11(2)21-14(23)9-22-10-20-15-12-6-4-5-7-13(12)26-16(15)18(22)25/h4-7,10-11H,3,8-9H2,1-2H3,(H,19,24)(H,21,23)/t11-/m1/s1. The number of hydrogen-bond donors (Lipinski definition) is 2. The molecule has 1 atom stereocenters. The molecular weight excluding hydrogens is 336 g/mol. The molecule has 1 aromatic carbocycles. The Kier molecular flexibility index (Phi) is 5.01. The summed E-state index contributed by atoms with van der Waals surface area (Å²) < 4.78 is 6.74. The summed E-state index contributed by atoms with van der Waals surface area (Å²) >= 11 is 0. The zero-order valence-electron chi connectivity index (χ0n) is 14.6. The highest BCUT2D eigenvalue weighted by Gasteiger charge is 2.17. The number of aromatic nitrogens is 2. The van der Waals surface area contributed by atoms with Gasteiger partial charge in [-0.2, -0.15) is 0 Å². The van der Waals surface area contributed by atoms with E-state index in [1.807, 2.05) is 25.1 Å². The van der Waals surface area contributed by atoms with Gasteiger partial charge in [-0.15, -0.1) is 0 Å². The molecule has 2 aromatic heterocycles. The molecule has 0 aliphatic rings. The maximum atomic E-state index is 12.6. The number of furan rings is 1. The number of fused-ring (bicyclic) bond motifs is 3. The van der Waals surface area contributed by atoms with Gasteiger partial charge in [-0.1, -0.05) is 19.1 Å². The zero-order valence-corrected chi connectivity index (χ0v) is 14.6. The Bertz CT molecular complexity index is 1020. The van der Waals surface area contributed by atoms with E-state index < -0.39 is 17.5 Å². The Hall–Kier alpha value is -3.16. The van der Waals surface area contributed by atoms with Crippen LogP contribution in [0.25, 0.3) is 22.1 Å². The Labute approximate surface area is 149 Å². The predicted octanol–water partition coefficient (Wildman–Crippen LogP) is 1.17. The summed E-state index contributed by atoms with van der Waals surface area (Å²) in [5.74, 6) is -0.720. The summed E-state index contributed by atoms with van der Waals surface area (Å²) in [6, 6.07) is 6.53. The lowest BCUT2D eigenvalue weighted by Gasteiger charge is -2.14. The summed E-state index contributed by atoms with van der Waals surface area (Å²) in [4.78, 5) is 40.8. The van der Waals surface area contributed by atoms with Gasteiger partial charge in [0.2, 0.25) is 17.4 Å². The van der Waals surface area contributed by atoms with Crippen molar-refractivity contribution in [3.63, 3.8) is 0 Å². The van der Waals surface area contributed by atoms with Crippen molar-refractivity contribution in [2.45, 2.75) is 32.9 Å². The van der Waals surface area contributed by atoms with Crippen LogP contribution in [0.15, 0.2) is 39.8 Å². The molecule has 2 heterocycles. The number of benzene rings is 1. The zero-order chi connectivity index (χ0) is 18.7. The molecule has 0 saturated heterocycles. The first kappa shape index (κ1) is 17.7. The van der Waals surface area contributed by atoms with Crippen LogP contribution < -0.4 is 16.2 Å². The predicted molar refractivity (Wildman–Crippen MR) is 96.7 cm³/mol. The highest BCUT2D eigenvalue weighted by atomic mass is 16.3. The van der Waals surface area contributed by atoms with E-state index in [0.717, 1.165) is 16.4 Å². The van der Waals surface area contributed by atoms with Crippen molar-refractivity contribution in [3.05, 3.63) is 40.9 Å². The van der Waals surface area contributed by atoms with Crippen LogP contribution in [-0.2, 0) is 16.1 Å². The van der Waals surface area contributed by atoms with E-state index in [1.165, 1.54) is 6.33 Å². The molecule has 8 nitrogen and oxygen atoms in total. The molecular formula is C18H20N4O4. The highest BCUT2D eigenvalue weighted by Crippen LogP contribution is 2.23. The fourth-order valence-corrected chi connectivity index (χ4v) is 2.64. The quantitative estimate of drug-likeness (QED) is 0.690. The van der Waals surface area contributed by atoms with E-state index in [2.05, 4.69) is 15.6 Å². The number of hydrogen-bond acceptors (Lipinski definition) is 5. The van der Waals surface area contributed by atoms with Crippen molar-refractivity contribution in [2.75, 3.05) is 6.54 Å². The number of rotatable bonds is 6. The number of amides is 2. The summed E-state index contributed by atoms with van der Waals surface area (Å²) in [6.45, 7) is 3.83. The van der Waals surface area contributed by atoms with Gasteiger partial charge >= 0.3 is 0 Å². The SMILES string of the molecule is CCCNC(=O)[C@@H](C)NC(=O)Cn1cnc2c(oc3ccccc32)c1=O. The molecule has 0 unspecified atom stereocenters. The van der Waals surface area contributed by atoms with Crippen LogP contribution in [0.2, 0.25) is 0 Å². The molecule has 26 heavy (non-hydrogen) atoms. The molecule has 0 bridgehead atoms. The van der Waals surface area contributed by atoms with E-state index in [9.17, 15) is 14.4 Å². The van der Waals surface area contributed by atoms with Gasteiger partial charge in [0.15, 0.2) is 0 Å². The molecule has 0 aliphatic heterocycles. The average Bonchev–Trinajstić information content (AvgIpc) is 3.01. The van der Waals surface area contributed by atoms with E-state index in [1.54, 1.807) is 13.0 Å². The normalized spacial score (nSPS) is 12.2. The van der Waals surface area contributed by atoms with Crippen LogP contribution in [-0.4, -0.2) is 34.0 Å². The Balaban J connectivity index is 1.77. The van der Waals surface area contributed by atoms with Gasteiger partial charge in [0.1, 0.15) is 23.7 Å². The molecule has 3 aromatic rings. The van der Waals surface area contributed by atoms with Gasteiger partial charge in [0.25, 0.3) is 5.56 Å². The van der Waals surface area contributed by atoms with Gasteiger partial charge in [-0.3, -0.25) is 19.0 Å². The number of para-hydroxylation sites is 1. The van der Waals surface area contributed by atoms with E-state index >= 15 is 0 Å². The average molecular weight is 356 g/mol. The fraction of sp³-hybridized carbons (Fsp3) is 0.333. The first-order valence-corrected chi connectivity index (χ1v) is 8.45. The largest absolute Gasteiger partial charge is 0.448 e. The molecule has 0 saturated carbocycles. The summed E-state index contributed by atoms with van der Waals surface area (Å²) in [6.07, 6.45) is 2.12. The lowest BCUT2D eigenvalue weighted by molar-refractivity contribution is -0.128. The summed E-state index contributed by atoms with van der Waals surface area (Å²) in [7, 11) is 0. The summed E-state index contributed by atoms with van der Waals surface area (Å²) in [5, 5.41) is 6.02. The minimum absolute atomic E-state index is 0.107. The molecule has 8 heteroatoms. The molecule has 0 fully saturated rings. The molecule has 2 amide bonds. The van der Waals surface area contributed by atoms with Crippen LogP contribution in [0.4, 0.5) is 0 Å². The van der Waals surface area contributed by atoms with Crippen molar-refractivity contribution in [2.24, 2.45) is 0 Å². The fourth-order valence-electron chi connectivity index (χ4n) is 2.64. The van der Waals surface area contributed by atoms with E-state index in [0.29, 0.717) is 17.6 Å². The number of nitrogens with one attached hydrogen (secondary N) is 2. The molecule has 136 valence electrons. The Morgan fingerprint density at radius 1 is 1.31 bits per heavy atom. The highest BCUT2D eigenvalue weighted by molar-refractivity contribution is 6.01. The van der Waals surface area contributed by atoms with E-state index in [4.69, 9.17) is 4.42 Å². The third kappa shape index (κ3) is 3.44. The van der Waals surface area contributed by atoms with Crippen LogP contribution in [0.1, 0.15) is 20.3 Å². The van der Waals surface area contributed by atoms with Crippen LogP contribution in [0, 0.1) is 0 Å². The lowest BCUT2D eigenvalue weighted by atomic mass is 10.2. The topological polar surface area (TPSA) is 106 Å². The van der Waals surface area contributed by atoms with Gasteiger partial charge in [-0.25, -0.2) is 4.98 Å². The minimum atomic E-state index is -0.687. The van der Waals surface area contributed by atoms with Gasteiger partial charge < -0.3 is 15.1 Å². The molecule has 0 aliphatic carbocycles. The summed E-state index contributed by atoms with van der Waals surface area (Å²) in [5.41, 5.74) is 0.699. The van der Waals surface area contributed by atoms with Gasteiger partial charge in [-0.05, 0) is 25.5 Å². The third-order valence-electron chi connectivity index (χ3n) is 3.98.